The molecule has 1 unspecified atom stereocenters. The van der Waals surface area contributed by atoms with Crippen LogP contribution < -0.4 is 10.6 Å². The average Bonchev–Trinajstić information content (AvgIpc) is 2.30. The van der Waals surface area contributed by atoms with Crippen molar-refractivity contribution in [3.05, 3.63) is 0 Å². The van der Waals surface area contributed by atoms with Crippen molar-refractivity contribution in [2.24, 2.45) is 5.92 Å². The molecule has 0 aromatic heterocycles. The highest BCUT2D eigenvalue weighted by Gasteiger charge is 2.21. The summed E-state index contributed by atoms with van der Waals surface area (Å²) in [5.74, 6) is 2.97. The number of carbonyl (C=O) groups is 1. The van der Waals surface area contributed by atoms with Crippen molar-refractivity contribution in [2.75, 3.05) is 26.3 Å². The van der Waals surface area contributed by atoms with E-state index in [0.29, 0.717) is 12.5 Å². The van der Waals surface area contributed by atoms with Crippen LogP contribution in [0, 0.1) is 18.3 Å². The number of ether oxygens (including phenoxy) is 1. The lowest BCUT2D eigenvalue weighted by atomic mass is 9.93. The van der Waals surface area contributed by atoms with E-state index >= 15 is 0 Å². The number of rotatable bonds is 5. The molecule has 4 nitrogen and oxygen atoms in total. The standard InChI is InChI=1S/C12H20N2O2/c1-3-6-13-9-12(15)14-10(2)11-4-7-16-8-5-11/h1,10-11,13H,4-9H2,2H3,(H,14,15). The van der Waals surface area contributed by atoms with Crippen molar-refractivity contribution in [3.8, 4) is 12.3 Å². The van der Waals surface area contributed by atoms with Crippen LogP contribution in [0.15, 0.2) is 0 Å². The first-order chi connectivity index (χ1) is 7.74. The molecule has 0 aliphatic carbocycles. The molecule has 1 fully saturated rings. The first-order valence-electron chi connectivity index (χ1n) is 5.75. The van der Waals surface area contributed by atoms with Crippen LogP contribution in [0.1, 0.15) is 19.8 Å². The quantitative estimate of drug-likeness (QED) is 0.516. The van der Waals surface area contributed by atoms with Crippen LogP contribution in [0.2, 0.25) is 0 Å². The van der Waals surface area contributed by atoms with Gasteiger partial charge in [0.1, 0.15) is 0 Å². The molecular weight excluding hydrogens is 204 g/mol. The minimum Gasteiger partial charge on any atom is -0.381 e. The molecule has 90 valence electrons. The van der Waals surface area contributed by atoms with Crippen LogP contribution in [0.25, 0.3) is 0 Å². The van der Waals surface area contributed by atoms with Gasteiger partial charge in [-0.1, -0.05) is 5.92 Å². The summed E-state index contributed by atoms with van der Waals surface area (Å²) < 4.78 is 5.29. The third-order valence-electron chi connectivity index (χ3n) is 2.87. The maximum Gasteiger partial charge on any atom is 0.234 e. The Balaban J connectivity index is 2.19. The maximum atomic E-state index is 11.5. The maximum absolute atomic E-state index is 11.5. The van der Waals surface area contributed by atoms with Gasteiger partial charge in [-0.05, 0) is 25.7 Å². The van der Waals surface area contributed by atoms with E-state index in [0.717, 1.165) is 26.1 Å². The molecule has 1 saturated heterocycles. The predicted molar refractivity (Wildman–Crippen MR) is 62.9 cm³/mol. The van der Waals surface area contributed by atoms with Gasteiger partial charge in [-0.25, -0.2) is 0 Å². The summed E-state index contributed by atoms with van der Waals surface area (Å²) in [5, 5.41) is 5.85. The molecule has 1 amide bonds. The zero-order valence-electron chi connectivity index (χ0n) is 9.79. The Hall–Kier alpha value is -1.05. The smallest absolute Gasteiger partial charge is 0.234 e. The van der Waals surface area contributed by atoms with Gasteiger partial charge in [0.05, 0.1) is 13.1 Å². The van der Waals surface area contributed by atoms with Crippen molar-refractivity contribution >= 4 is 5.91 Å². The first kappa shape index (κ1) is 13.0. The van der Waals surface area contributed by atoms with Crippen LogP contribution in [0.3, 0.4) is 0 Å². The predicted octanol–water partition coefficient (Wildman–Crippen LogP) is 0.140. The largest absolute Gasteiger partial charge is 0.381 e. The van der Waals surface area contributed by atoms with Crippen LogP contribution in [-0.4, -0.2) is 38.3 Å². The number of hydrogen-bond acceptors (Lipinski definition) is 3. The molecule has 1 heterocycles. The van der Waals surface area contributed by atoms with E-state index in [-0.39, 0.29) is 18.5 Å². The van der Waals surface area contributed by atoms with E-state index in [1.807, 2.05) is 0 Å². The topological polar surface area (TPSA) is 50.4 Å². The Morgan fingerprint density at radius 3 is 2.88 bits per heavy atom. The summed E-state index contributed by atoms with van der Waals surface area (Å²) in [5.41, 5.74) is 0. The van der Waals surface area contributed by atoms with Crippen LogP contribution in [0.5, 0.6) is 0 Å². The van der Waals surface area contributed by atoms with Gasteiger partial charge < -0.3 is 10.1 Å². The van der Waals surface area contributed by atoms with Gasteiger partial charge in [0.15, 0.2) is 0 Å². The van der Waals surface area contributed by atoms with Gasteiger partial charge in [-0.2, -0.15) is 0 Å². The normalized spacial score (nSPS) is 18.8. The average molecular weight is 224 g/mol. The van der Waals surface area contributed by atoms with Crippen molar-refractivity contribution in [1.82, 2.24) is 10.6 Å². The molecule has 0 bridgehead atoms. The third kappa shape index (κ3) is 4.65. The van der Waals surface area contributed by atoms with E-state index in [2.05, 4.69) is 23.5 Å². The molecule has 1 aliphatic rings. The second kappa shape index (κ2) is 7.26. The fourth-order valence-electron chi connectivity index (χ4n) is 1.89. The van der Waals surface area contributed by atoms with E-state index in [1.165, 1.54) is 0 Å². The summed E-state index contributed by atoms with van der Waals surface area (Å²) in [4.78, 5) is 11.5. The SMILES string of the molecule is C#CCNCC(=O)NC(C)C1CCOCC1. The van der Waals surface area contributed by atoms with Crippen LogP contribution >= 0.6 is 0 Å². The third-order valence-corrected chi connectivity index (χ3v) is 2.87. The van der Waals surface area contributed by atoms with Gasteiger partial charge in [-0.15, -0.1) is 6.42 Å². The summed E-state index contributed by atoms with van der Waals surface area (Å²) in [7, 11) is 0. The molecule has 1 rings (SSSR count). The molecule has 0 saturated carbocycles. The minimum absolute atomic E-state index is 0.00856. The Bertz CT molecular complexity index is 254. The molecule has 4 heteroatoms. The van der Waals surface area contributed by atoms with Crippen molar-refractivity contribution < 1.29 is 9.53 Å². The van der Waals surface area contributed by atoms with Gasteiger partial charge >= 0.3 is 0 Å². The zero-order valence-corrected chi connectivity index (χ0v) is 9.79. The summed E-state index contributed by atoms with van der Waals surface area (Å²) >= 11 is 0. The fourth-order valence-corrected chi connectivity index (χ4v) is 1.89. The minimum atomic E-state index is 0.00856. The molecule has 0 aromatic carbocycles. The lowest BCUT2D eigenvalue weighted by Gasteiger charge is -2.28. The van der Waals surface area contributed by atoms with Crippen LogP contribution in [-0.2, 0) is 9.53 Å². The molecule has 0 spiro atoms. The van der Waals surface area contributed by atoms with Crippen molar-refractivity contribution in [3.63, 3.8) is 0 Å². The molecule has 1 aliphatic heterocycles. The number of amides is 1. The highest BCUT2D eigenvalue weighted by Crippen LogP contribution is 2.18. The molecule has 2 N–H and O–H groups in total. The van der Waals surface area contributed by atoms with Crippen LogP contribution in [0.4, 0.5) is 0 Å². The fraction of sp³-hybridized carbons (Fsp3) is 0.750. The van der Waals surface area contributed by atoms with E-state index < -0.39 is 0 Å². The Morgan fingerprint density at radius 2 is 2.25 bits per heavy atom. The molecule has 16 heavy (non-hydrogen) atoms. The van der Waals surface area contributed by atoms with Gasteiger partial charge in [0.2, 0.25) is 5.91 Å². The molecular formula is C12H20N2O2. The number of hydrogen-bond donors (Lipinski definition) is 2. The first-order valence-corrected chi connectivity index (χ1v) is 5.75. The van der Waals surface area contributed by atoms with Gasteiger partial charge in [0.25, 0.3) is 0 Å². The van der Waals surface area contributed by atoms with Crippen molar-refractivity contribution in [1.29, 1.82) is 0 Å². The van der Waals surface area contributed by atoms with E-state index in [1.54, 1.807) is 0 Å². The second-order valence-corrected chi connectivity index (χ2v) is 4.11. The highest BCUT2D eigenvalue weighted by atomic mass is 16.5. The Morgan fingerprint density at radius 1 is 1.56 bits per heavy atom. The summed E-state index contributed by atoms with van der Waals surface area (Å²) in [6.07, 6.45) is 7.13. The lowest BCUT2D eigenvalue weighted by Crippen LogP contribution is -2.43. The monoisotopic (exact) mass is 224 g/mol. The molecule has 0 radical (unpaired) electrons. The number of nitrogens with one attached hydrogen (secondary N) is 2. The Kier molecular flexibility index (Phi) is 5.91. The van der Waals surface area contributed by atoms with Crippen molar-refractivity contribution in [2.45, 2.75) is 25.8 Å². The van der Waals surface area contributed by atoms with Gasteiger partial charge in [-0.3, -0.25) is 10.1 Å². The van der Waals surface area contributed by atoms with E-state index in [4.69, 9.17) is 11.2 Å². The number of carbonyl (C=O) groups excluding carboxylic acids is 1. The lowest BCUT2D eigenvalue weighted by molar-refractivity contribution is -0.121. The molecule has 1 atom stereocenters. The van der Waals surface area contributed by atoms with Gasteiger partial charge in [0, 0.05) is 19.3 Å². The highest BCUT2D eigenvalue weighted by molar-refractivity contribution is 5.78. The number of terminal acetylenes is 1. The van der Waals surface area contributed by atoms with E-state index in [9.17, 15) is 4.79 Å². The second-order valence-electron chi connectivity index (χ2n) is 4.11. The summed E-state index contributed by atoms with van der Waals surface area (Å²) in [6, 6.07) is 0.212. The Labute approximate surface area is 97.1 Å². The summed E-state index contributed by atoms with van der Waals surface area (Å²) in [6.45, 7) is 4.38. The zero-order chi connectivity index (χ0) is 11.8. The molecule has 0 aromatic rings.